The molecule has 0 aliphatic heterocycles. The van der Waals surface area contributed by atoms with Gasteiger partial charge in [0.2, 0.25) is 0 Å². The maximum Gasteiger partial charge on any atom is 3.00 e. The molecule has 16 rings (SSSR count). The zero-order valence-corrected chi connectivity index (χ0v) is 66.9. The Kier molecular flexibility index (Phi) is 32.6. The summed E-state index contributed by atoms with van der Waals surface area (Å²) in [6.45, 7) is 2.08. The van der Waals surface area contributed by atoms with E-state index >= 15 is 0 Å². The molecule has 0 bridgehead atoms. The van der Waals surface area contributed by atoms with Crippen LogP contribution in [0.15, 0.2) is 334 Å². The molecule has 446 valence electrons. The molecule has 10 nitrogen and oxygen atoms in total. The third-order valence-electron chi connectivity index (χ3n) is 13.5. The van der Waals surface area contributed by atoms with Crippen LogP contribution in [0, 0.1) is 42.5 Å². The van der Waals surface area contributed by atoms with Crippen LogP contribution in [0.4, 0.5) is 0 Å². The van der Waals surface area contributed by atoms with E-state index in [1.165, 1.54) is 5.56 Å². The zero-order valence-electron chi connectivity index (χ0n) is 52.5. The van der Waals surface area contributed by atoms with Crippen LogP contribution in [0.1, 0.15) is 5.56 Å². The van der Waals surface area contributed by atoms with Crippen molar-refractivity contribution in [1.82, 2.24) is 51.0 Å². The van der Waals surface area contributed by atoms with Crippen molar-refractivity contribution < 1.29 is 138 Å². The third-order valence-corrected chi connectivity index (χ3v) is 19.1. The first kappa shape index (κ1) is 74.9. The maximum absolute atomic E-state index is 4.26. The molecular formula is C77H58K2LaN10P5. The van der Waals surface area contributed by atoms with E-state index in [2.05, 4.69) is 191 Å². The van der Waals surface area contributed by atoms with Crippen molar-refractivity contribution in [3.8, 4) is 110 Å². The minimum atomic E-state index is 0. The van der Waals surface area contributed by atoms with Gasteiger partial charge in [0.25, 0.3) is 0 Å². The molecule has 0 fully saturated rings. The summed E-state index contributed by atoms with van der Waals surface area (Å²) in [7, 11) is 5.41. The van der Waals surface area contributed by atoms with E-state index in [1.807, 2.05) is 200 Å². The number of aryl methyl sites for hydroxylation is 1. The van der Waals surface area contributed by atoms with Crippen LogP contribution in [0.3, 0.4) is 0 Å². The van der Waals surface area contributed by atoms with Crippen LogP contribution in [-0.2, 0) is 0 Å². The predicted octanol–water partition coefficient (Wildman–Crippen LogP) is 15.8. The zero-order chi connectivity index (χ0) is 62.6. The largest absolute Gasteiger partial charge is 3.00 e. The summed E-state index contributed by atoms with van der Waals surface area (Å²) in [5.41, 5.74) is 22.9. The van der Waals surface area contributed by atoms with Gasteiger partial charge in [-0.25, -0.2) is 0 Å². The molecule has 0 radical (unpaired) electrons. The molecule has 0 amide bonds. The number of hydrogen-bond acceptors (Lipinski definition) is 5. The summed E-state index contributed by atoms with van der Waals surface area (Å²) in [5, 5.41) is 42.6. The first-order valence-electron chi connectivity index (χ1n) is 29.5. The fourth-order valence-electron chi connectivity index (χ4n) is 8.83. The van der Waals surface area contributed by atoms with Gasteiger partial charge in [-0.15, -0.1) is 0 Å². The molecule has 18 heteroatoms. The normalized spacial score (nSPS) is 10.3. The Balaban J connectivity index is 0.000000147. The molecule has 16 aromatic rings. The number of nitrogens with zero attached hydrogens (tertiary/aromatic N) is 10. The Morgan fingerprint density at radius 2 is 0.316 bits per heavy atom. The van der Waals surface area contributed by atoms with Crippen LogP contribution in [0.25, 0.3) is 110 Å². The quantitative estimate of drug-likeness (QED) is 0.122. The van der Waals surface area contributed by atoms with Crippen LogP contribution >= 0.6 is 41.0 Å². The van der Waals surface area contributed by atoms with Crippen molar-refractivity contribution in [1.29, 1.82) is 0 Å². The number of rotatable bonds is 10. The van der Waals surface area contributed by atoms with Crippen LogP contribution in [0.5, 0.6) is 0 Å². The van der Waals surface area contributed by atoms with Gasteiger partial charge in [-0.05, 0) is 34.7 Å². The van der Waals surface area contributed by atoms with Crippen LogP contribution in [-0.4, -0.2) is 25.5 Å². The smallest absolute Gasteiger partial charge is 0.570 e. The first-order chi connectivity index (χ1) is 45.6. The molecule has 0 aliphatic carbocycles. The van der Waals surface area contributed by atoms with Gasteiger partial charge in [0.05, 0.1) is 27.1 Å². The summed E-state index contributed by atoms with van der Waals surface area (Å²) in [4.78, 5) is 0. The summed E-state index contributed by atoms with van der Waals surface area (Å²) < 4.78 is 0. The molecule has 5 aromatic heterocycles. The van der Waals surface area contributed by atoms with Crippen molar-refractivity contribution in [3.63, 3.8) is 0 Å². The third kappa shape index (κ3) is 23.4. The molecule has 0 unspecified atom stereocenters. The van der Waals surface area contributed by atoms with Crippen molar-refractivity contribution >= 4 is 41.0 Å². The van der Waals surface area contributed by atoms with E-state index in [1.54, 1.807) is 0 Å². The monoisotopic (exact) mass is 1490 g/mol. The SMILES string of the molecule is Cc1ccccc1.[K+].[K+].[La+3].c1ccc(-c2n[n-]c(-c3ccccc3)p2)cc1.c1ccc(-c2n[n-]c(-c3ccccc3)p2)cc1.c1ccc(-c2n[n-]c(-c3ccccc3)p2)cc1.c1ccc(-c2n[n-]c(-c3ccccc3)p2)cc1.c1ccc(-c2n[n-]c(-c3ccccc3)p2)cc1. The van der Waals surface area contributed by atoms with Gasteiger partial charge in [-0.1, -0.05) is 407 Å². The fourth-order valence-corrected chi connectivity index (χ4v) is 13.5. The fraction of sp³-hybridized carbons (Fsp3) is 0.0130. The van der Waals surface area contributed by atoms with Gasteiger partial charge >= 0.3 is 138 Å². The van der Waals surface area contributed by atoms with Crippen LogP contribution in [0.2, 0.25) is 0 Å². The standard InChI is InChI=1S/5C14H10N2P.C7H8.2K.La/c5*1-3-7-11(8-4-1)13-15-16-14(17-13)12-9-5-2-6-10-12;1-7-5-3-2-4-6-7;;;/h5*1-10H;2-6H,1H3;;;/q5*-1;;2*+1;+3. The summed E-state index contributed by atoms with van der Waals surface area (Å²) >= 11 is 0. The molecule has 11 aromatic carbocycles. The average Bonchev–Trinajstić information content (AvgIpc) is 1.94. The minimum Gasteiger partial charge on any atom is -0.570 e. The number of aromatic nitrogens is 10. The maximum atomic E-state index is 4.26. The molecule has 0 atom stereocenters. The van der Waals surface area contributed by atoms with Crippen LogP contribution < -0.4 is 128 Å². The Hall–Kier alpha value is -5.91. The van der Waals surface area contributed by atoms with Gasteiger partial charge in [-0.3, -0.25) is 0 Å². The van der Waals surface area contributed by atoms with E-state index < -0.39 is 0 Å². The molecule has 0 N–H and O–H groups in total. The molecular weight excluding hydrogens is 1440 g/mol. The second kappa shape index (κ2) is 41.4. The molecule has 0 spiro atoms. The molecule has 0 saturated carbocycles. The van der Waals surface area contributed by atoms with E-state index in [9.17, 15) is 0 Å². The summed E-state index contributed by atoms with van der Waals surface area (Å²) in [5.74, 6) is 0. The Morgan fingerprint density at radius 1 is 0.189 bits per heavy atom. The Bertz CT molecular complexity index is 3760. The second-order valence-corrected chi connectivity index (χ2v) is 25.5. The Labute approximate surface area is 676 Å². The van der Waals surface area contributed by atoms with Crippen molar-refractivity contribution in [3.05, 3.63) is 339 Å². The van der Waals surface area contributed by atoms with Gasteiger partial charge in [-0.2, -0.15) is 0 Å². The molecule has 0 saturated heterocycles. The van der Waals surface area contributed by atoms with Gasteiger partial charge in [0.15, 0.2) is 0 Å². The number of hydrogen-bond donors (Lipinski definition) is 0. The van der Waals surface area contributed by atoms with E-state index in [0.717, 1.165) is 151 Å². The minimum absolute atomic E-state index is 0. The summed E-state index contributed by atoms with van der Waals surface area (Å²) in [6, 6.07) is 112. The van der Waals surface area contributed by atoms with Crippen molar-refractivity contribution in [2.75, 3.05) is 0 Å². The van der Waals surface area contributed by atoms with Gasteiger partial charge in [0, 0.05) is 27.8 Å². The van der Waals surface area contributed by atoms with Crippen molar-refractivity contribution in [2.24, 2.45) is 0 Å². The van der Waals surface area contributed by atoms with E-state index in [4.69, 9.17) is 0 Å². The Morgan fingerprint density at radius 3 is 0.442 bits per heavy atom. The molecule has 95 heavy (non-hydrogen) atoms. The van der Waals surface area contributed by atoms with Crippen molar-refractivity contribution in [2.45, 2.75) is 6.92 Å². The van der Waals surface area contributed by atoms with E-state index in [-0.39, 0.29) is 138 Å². The average molecular weight is 1500 g/mol. The second-order valence-electron chi connectivity index (χ2n) is 20.1. The number of benzene rings is 11. The summed E-state index contributed by atoms with van der Waals surface area (Å²) in [6.07, 6.45) is 0. The molecule has 0 aliphatic rings. The topological polar surface area (TPSA) is 135 Å². The van der Waals surface area contributed by atoms with E-state index in [0.29, 0.717) is 0 Å². The predicted molar refractivity (Wildman–Crippen MR) is 386 cm³/mol. The van der Waals surface area contributed by atoms with Gasteiger partial charge in [0.1, 0.15) is 0 Å². The van der Waals surface area contributed by atoms with Gasteiger partial charge < -0.3 is 51.0 Å². The molecule has 5 heterocycles. The first-order valence-corrected chi connectivity index (χ1v) is 34.0.